The van der Waals surface area contributed by atoms with Crippen LogP contribution in [0.4, 0.5) is 8.78 Å². The number of hydrogen-bond donors (Lipinski definition) is 1. The molecule has 1 aromatic carbocycles. The molecular formula is C16H24F2N2. The maximum absolute atomic E-state index is 14.4. The molecule has 1 heterocycles. The molecule has 0 saturated carbocycles. The standard InChI is InChI=1S/C16H24F2N2/c1-3-7-15-10-19-13(2)11-20(15)12-16(17,18)14-8-5-4-6-9-14/h4-6,8-9,13,15,19H,3,7,10-12H2,1-2H3. The summed E-state index contributed by atoms with van der Waals surface area (Å²) in [5.74, 6) is -2.79. The first kappa shape index (κ1) is 15.4. The molecule has 0 aromatic heterocycles. The zero-order valence-electron chi connectivity index (χ0n) is 12.3. The predicted octanol–water partition coefficient (Wildman–Crippen LogP) is 3.24. The first-order valence-electron chi connectivity index (χ1n) is 7.43. The number of nitrogens with one attached hydrogen (secondary N) is 1. The number of nitrogens with zero attached hydrogens (tertiary/aromatic N) is 1. The lowest BCUT2D eigenvalue weighted by molar-refractivity contribution is -0.0564. The van der Waals surface area contributed by atoms with Crippen LogP contribution in [0.1, 0.15) is 32.3 Å². The van der Waals surface area contributed by atoms with Crippen LogP contribution >= 0.6 is 0 Å². The van der Waals surface area contributed by atoms with Crippen LogP contribution in [0.3, 0.4) is 0 Å². The molecule has 1 aliphatic heterocycles. The molecule has 1 aromatic rings. The number of rotatable bonds is 5. The van der Waals surface area contributed by atoms with Crippen molar-refractivity contribution >= 4 is 0 Å². The first-order valence-corrected chi connectivity index (χ1v) is 7.43. The summed E-state index contributed by atoms with van der Waals surface area (Å²) in [6.45, 7) is 5.46. The van der Waals surface area contributed by atoms with Gasteiger partial charge in [-0.15, -0.1) is 0 Å². The summed E-state index contributed by atoms with van der Waals surface area (Å²) >= 11 is 0. The number of alkyl halides is 2. The largest absolute Gasteiger partial charge is 0.311 e. The van der Waals surface area contributed by atoms with Gasteiger partial charge in [-0.05, 0) is 13.3 Å². The SMILES string of the molecule is CCCC1CNC(C)CN1CC(F)(F)c1ccccc1. The van der Waals surface area contributed by atoms with Gasteiger partial charge in [0.25, 0.3) is 5.92 Å². The third-order valence-electron chi connectivity index (χ3n) is 3.95. The molecule has 0 amide bonds. The van der Waals surface area contributed by atoms with Crippen molar-refractivity contribution < 1.29 is 8.78 Å². The van der Waals surface area contributed by atoms with Gasteiger partial charge in [-0.25, -0.2) is 0 Å². The van der Waals surface area contributed by atoms with Gasteiger partial charge in [0.2, 0.25) is 0 Å². The summed E-state index contributed by atoms with van der Waals surface area (Å²) in [4.78, 5) is 1.96. The second kappa shape index (κ2) is 6.64. The van der Waals surface area contributed by atoms with Crippen LogP contribution in [0, 0.1) is 0 Å². The highest BCUT2D eigenvalue weighted by molar-refractivity contribution is 5.20. The van der Waals surface area contributed by atoms with Crippen molar-refractivity contribution in [3.8, 4) is 0 Å². The molecule has 112 valence electrons. The van der Waals surface area contributed by atoms with E-state index in [1.165, 1.54) is 12.1 Å². The number of halogens is 2. The minimum absolute atomic E-state index is 0.112. The van der Waals surface area contributed by atoms with Crippen LogP contribution in [0.2, 0.25) is 0 Å². The number of benzene rings is 1. The molecule has 2 unspecified atom stereocenters. The van der Waals surface area contributed by atoms with Crippen LogP contribution in [0.5, 0.6) is 0 Å². The van der Waals surface area contributed by atoms with Gasteiger partial charge in [0, 0.05) is 30.7 Å². The Bertz CT molecular complexity index is 408. The van der Waals surface area contributed by atoms with Crippen molar-refractivity contribution in [1.82, 2.24) is 10.2 Å². The monoisotopic (exact) mass is 282 g/mol. The second-order valence-electron chi connectivity index (χ2n) is 5.75. The quantitative estimate of drug-likeness (QED) is 0.892. The van der Waals surface area contributed by atoms with Gasteiger partial charge in [0.1, 0.15) is 0 Å². The van der Waals surface area contributed by atoms with Gasteiger partial charge in [-0.1, -0.05) is 43.7 Å². The van der Waals surface area contributed by atoms with E-state index in [9.17, 15) is 8.78 Å². The van der Waals surface area contributed by atoms with Crippen LogP contribution < -0.4 is 5.32 Å². The second-order valence-corrected chi connectivity index (χ2v) is 5.75. The van der Waals surface area contributed by atoms with Crippen molar-refractivity contribution in [3.05, 3.63) is 35.9 Å². The lowest BCUT2D eigenvalue weighted by Gasteiger charge is -2.41. The Morgan fingerprint density at radius 1 is 1.30 bits per heavy atom. The third kappa shape index (κ3) is 3.76. The number of hydrogen-bond acceptors (Lipinski definition) is 2. The minimum atomic E-state index is -2.79. The molecule has 4 heteroatoms. The summed E-state index contributed by atoms with van der Waals surface area (Å²) in [6.07, 6.45) is 1.98. The molecule has 20 heavy (non-hydrogen) atoms. The fourth-order valence-electron chi connectivity index (χ4n) is 2.87. The molecule has 1 fully saturated rings. The van der Waals surface area contributed by atoms with Gasteiger partial charge < -0.3 is 5.32 Å². The molecule has 1 N–H and O–H groups in total. The van der Waals surface area contributed by atoms with Gasteiger partial charge in [-0.3, -0.25) is 4.90 Å². The summed E-state index contributed by atoms with van der Waals surface area (Å²) in [5, 5.41) is 3.39. The molecular weight excluding hydrogens is 258 g/mol. The Balaban J connectivity index is 2.08. The van der Waals surface area contributed by atoms with Gasteiger partial charge in [0.05, 0.1) is 6.54 Å². The van der Waals surface area contributed by atoms with Crippen LogP contribution in [-0.4, -0.2) is 36.6 Å². The van der Waals surface area contributed by atoms with E-state index in [-0.39, 0.29) is 24.2 Å². The molecule has 1 saturated heterocycles. The van der Waals surface area contributed by atoms with Crippen molar-refractivity contribution in [2.45, 2.75) is 44.7 Å². The fraction of sp³-hybridized carbons (Fsp3) is 0.625. The maximum Gasteiger partial charge on any atom is 0.285 e. The minimum Gasteiger partial charge on any atom is -0.311 e. The molecule has 1 aliphatic rings. The molecule has 0 spiro atoms. The van der Waals surface area contributed by atoms with Crippen molar-refractivity contribution in [1.29, 1.82) is 0 Å². The fourth-order valence-corrected chi connectivity index (χ4v) is 2.87. The van der Waals surface area contributed by atoms with E-state index in [1.54, 1.807) is 18.2 Å². The zero-order valence-corrected chi connectivity index (χ0v) is 12.3. The van der Waals surface area contributed by atoms with E-state index in [1.807, 2.05) is 4.90 Å². The number of piperazine rings is 1. The normalized spacial score (nSPS) is 24.8. The van der Waals surface area contributed by atoms with Crippen molar-refractivity contribution in [2.24, 2.45) is 0 Å². The van der Waals surface area contributed by atoms with E-state index in [2.05, 4.69) is 19.2 Å². The molecule has 2 atom stereocenters. The highest BCUT2D eigenvalue weighted by Gasteiger charge is 2.37. The molecule has 0 radical (unpaired) electrons. The van der Waals surface area contributed by atoms with Gasteiger partial charge >= 0.3 is 0 Å². The van der Waals surface area contributed by atoms with Crippen molar-refractivity contribution in [3.63, 3.8) is 0 Å². The van der Waals surface area contributed by atoms with Gasteiger partial charge in [0.15, 0.2) is 0 Å². The Morgan fingerprint density at radius 2 is 2.00 bits per heavy atom. The lowest BCUT2D eigenvalue weighted by atomic mass is 10.0. The van der Waals surface area contributed by atoms with Crippen LogP contribution in [0.15, 0.2) is 30.3 Å². The van der Waals surface area contributed by atoms with E-state index < -0.39 is 5.92 Å². The molecule has 0 aliphatic carbocycles. The smallest absolute Gasteiger partial charge is 0.285 e. The summed E-state index contributed by atoms with van der Waals surface area (Å²) in [7, 11) is 0. The van der Waals surface area contributed by atoms with Gasteiger partial charge in [-0.2, -0.15) is 8.78 Å². The summed E-state index contributed by atoms with van der Waals surface area (Å²) < 4.78 is 28.8. The van der Waals surface area contributed by atoms with E-state index in [0.29, 0.717) is 6.54 Å². The van der Waals surface area contributed by atoms with Crippen molar-refractivity contribution in [2.75, 3.05) is 19.6 Å². The zero-order chi connectivity index (χ0) is 14.6. The van der Waals surface area contributed by atoms with Crippen LogP contribution in [-0.2, 0) is 5.92 Å². The maximum atomic E-state index is 14.4. The first-order chi connectivity index (χ1) is 9.53. The van der Waals surface area contributed by atoms with Crippen LogP contribution in [0.25, 0.3) is 0 Å². The summed E-state index contributed by atoms with van der Waals surface area (Å²) in [5.41, 5.74) is 0.112. The average Bonchev–Trinajstić information content (AvgIpc) is 2.43. The third-order valence-corrected chi connectivity index (χ3v) is 3.95. The molecule has 2 rings (SSSR count). The predicted molar refractivity (Wildman–Crippen MR) is 78.1 cm³/mol. The van der Waals surface area contributed by atoms with E-state index >= 15 is 0 Å². The van der Waals surface area contributed by atoms with E-state index in [0.717, 1.165) is 19.4 Å². The molecule has 0 bridgehead atoms. The Kier molecular flexibility index (Phi) is 5.11. The lowest BCUT2D eigenvalue weighted by Crippen LogP contribution is -2.57. The Morgan fingerprint density at radius 3 is 2.65 bits per heavy atom. The van der Waals surface area contributed by atoms with E-state index in [4.69, 9.17) is 0 Å². The highest BCUT2D eigenvalue weighted by Crippen LogP contribution is 2.30. The Labute approximate surface area is 120 Å². The highest BCUT2D eigenvalue weighted by atomic mass is 19.3. The summed E-state index contributed by atoms with van der Waals surface area (Å²) in [6, 6.07) is 8.63. The Hall–Kier alpha value is -1.00. The molecule has 2 nitrogen and oxygen atoms in total. The topological polar surface area (TPSA) is 15.3 Å². The average molecular weight is 282 g/mol.